The summed E-state index contributed by atoms with van der Waals surface area (Å²) in [6.07, 6.45) is 4.42. The maximum absolute atomic E-state index is 14.3. The van der Waals surface area contributed by atoms with Gasteiger partial charge in [-0.1, -0.05) is 24.3 Å². The van der Waals surface area contributed by atoms with Crippen LogP contribution in [0.15, 0.2) is 54.9 Å². The van der Waals surface area contributed by atoms with Crippen molar-refractivity contribution in [1.29, 1.82) is 0 Å². The molecule has 152 valence electrons. The number of aromatic amines is 1. The van der Waals surface area contributed by atoms with Gasteiger partial charge < -0.3 is 4.90 Å². The molecule has 1 aliphatic heterocycles. The average Bonchev–Trinajstić information content (AvgIpc) is 2.80. The van der Waals surface area contributed by atoms with E-state index in [9.17, 15) is 9.18 Å². The molecule has 2 aromatic heterocycles. The summed E-state index contributed by atoms with van der Waals surface area (Å²) in [6.45, 7) is 3.31. The number of aromatic nitrogens is 3. The normalized spacial score (nSPS) is 19.0. The summed E-state index contributed by atoms with van der Waals surface area (Å²) in [5.74, 6) is 1.29. The smallest absolute Gasteiger partial charge is 0.274 e. The van der Waals surface area contributed by atoms with E-state index in [2.05, 4.69) is 25.8 Å². The highest BCUT2D eigenvalue weighted by molar-refractivity contribution is 5.98. The molecule has 5 rings (SSSR count). The third-order valence-corrected chi connectivity index (χ3v) is 5.97. The second kappa shape index (κ2) is 7.82. The van der Waals surface area contributed by atoms with Gasteiger partial charge in [0.2, 0.25) is 5.95 Å². The van der Waals surface area contributed by atoms with E-state index in [4.69, 9.17) is 4.98 Å². The van der Waals surface area contributed by atoms with Crippen LogP contribution >= 0.6 is 0 Å². The molecule has 0 spiro atoms. The average molecular weight is 404 g/mol. The van der Waals surface area contributed by atoms with Crippen molar-refractivity contribution < 1.29 is 14.2 Å². The van der Waals surface area contributed by atoms with Crippen molar-refractivity contribution >= 4 is 17.5 Å². The lowest BCUT2D eigenvalue weighted by Gasteiger charge is -2.31. The van der Waals surface area contributed by atoms with Crippen molar-refractivity contribution in [3.05, 3.63) is 77.5 Å². The molecule has 1 fully saturated rings. The highest BCUT2D eigenvalue weighted by Gasteiger charge is 2.31. The summed E-state index contributed by atoms with van der Waals surface area (Å²) < 4.78 is 14.3. The fourth-order valence-corrected chi connectivity index (χ4v) is 4.34. The number of rotatable bonds is 3. The number of H-pyrrole nitrogens is 1. The van der Waals surface area contributed by atoms with Crippen molar-refractivity contribution in [1.82, 2.24) is 9.97 Å². The minimum absolute atomic E-state index is 0.0134. The zero-order valence-electron chi connectivity index (χ0n) is 16.6. The second-order valence-electron chi connectivity index (χ2n) is 7.80. The van der Waals surface area contributed by atoms with Gasteiger partial charge in [-0.25, -0.2) is 19.3 Å². The fourth-order valence-electron chi connectivity index (χ4n) is 4.34. The maximum atomic E-state index is 14.3. The van der Waals surface area contributed by atoms with Crippen LogP contribution in [0.25, 0.3) is 0 Å². The van der Waals surface area contributed by atoms with E-state index >= 15 is 0 Å². The summed E-state index contributed by atoms with van der Waals surface area (Å²) in [7, 11) is 0. The number of hydrogen-bond donors (Lipinski definition) is 0. The van der Waals surface area contributed by atoms with Crippen LogP contribution in [0.3, 0.4) is 0 Å². The maximum Gasteiger partial charge on any atom is 0.274 e. The number of Topliss-reactive ketones (excluding diaryl/α,β-unsaturated/α-hetero) is 1. The molecule has 1 N–H and O–H groups in total. The first-order valence-corrected chi connectivity index (χ1v) is 10.3. The molecule has 1 saturated heterocycles. The van der Waals surface area contributed by atoms with Crippen LogP contribution in [0.5, 0.6) is 0 Å². The molecule has 7 heteroatoms. The van der Waals surface area contributed by atoms with Crippen molar-refractivity contribution in [2.45, 2.75) is 18.8 Å². The predicted molar refractivity (Wildman–Crippen MR) is 111 cm³/mol. The van der Waals surface area contributed by atoms with Crippen molar-refractivity contribution in [2.75, 3.05) is 36.0 Å². The number of fused-ring (bicyclic) bond motifs is 1. The Morgan fingerprint density at radius 2 is 1.73 bits per heavy atom. The van der Waals surface area contributed by atoms with E-state index in [1.54, 1.807) is 18.3 Å². The Balaban J connectivity index is 1.34. The van der Waals surface area contributed by atoms with Crippen LogP contribution in [-0.2, 0) is 6.42 Å². The summed E-state index contributed by atoms with van der Waals surface area (Å²) >= 11 is 0. The fraction of sp³-hybridized carbons (Fsp3) is 0.304. The van der Waals surface area contributed by atoms with Crippen LogP contribution in [-0.4, -0.2) is 41.9 Å². The number of pyridine rings is 1. The topological polar surface area (TPSA) is 63.5 Å². The highest BCUT2D eigenvalue weighted by atomic mass is 19.1. The molecule has 0 unspecified atom stereocenters. The van der Waals surface area contributed by atoms with Gasteiger partial charge in [-0.05, 0) is 30.0 Å². The Bertz CT molecular complexity index is 1070. The van der Waals surface area contributed by atoms with Gasteiger partial charge >= 0.3 is 0 Å². The molecule has 30 heavy (non-hydrogen) atoms. The van der Waals surface area contributed by atoms with E-state index < -0.39 is 0 Å². The summed E-state index contributed by atoms with van der Waals surface area (Å²) in [5, 5.41) is 0. The molecule has 2 aliphatic rings. The van der Waals surface area contributed by atoms with E-state index in [-0.39, 0.29) is 17.5 Å². The van der Waals surface area contributed by atoms with Crippen LogP contribution < -0.4 is 14.8 Å². The van der Waals surface area contributed by atoms with Crippen LogP contribution in [0.4, 0.5) is 16.2 Å². The predicted octanol–water partition coefficient (Wildman–Crippen LogP) is 2.67. The number of halogens is 1. The van der Waals surface area contributed by atoms with Crippen LogP contribution in [0.1, 0.15) is 34.0 Å². The monoisotopic (exact) mass is 404 g/mol. The number of nitrogens with zero attached hydrogens (tertiary/aromatic N) is 4. The number of benzene rings is 1. The van der Waals surface area contributed by atoms with Crippen LogP contribution in [0, 0.1) is 5.82 Å². The number of carbonyl (C=O) groups is 1. The summed E-state index contributed by atoms with van der Waals surface area (Å²) in [5.41, 5.74) is 1.89. The Kier molecular flexibility index (Phi) is 4.86. The number of carbonyl (C=O) groups excluding carboxylic acids is 1. The number of anilines is 2. The Morgan fingerprint density at radius 3 is 2.50 bits per heavy atom. The highest BCUT2D eigenvalue weighted by Crippen LogP contribution is 2.33. The number of nitrogens with one attached hydrogen (secondary N) is 1. The first kappa shape index (κ1) is 18.7. The lowest BCUT2D eigenvalue weighted by atomic mass is 9.82. The summed E-state index contributed by atoms with van der Waals surface area (Å²) in [4.78, 5) is 29.6. The third-order valence-electron chi connectivity index (χ3n) is 5.97. The number of hydrogen-bond acceptors (Lipinski definition) is 5. The zero-order chi connectivity index (χ0) is 20.5. The first-order chi connectivity index (χ1) is 14.7. The molecular formula is C23H23FN5O+. The molecule has 1 aliphatic carbocycles. The Hall–Kier alpha value is -3.35. The lowest BCUT2D eigenvalue weighted by Crippen LogP contribution is -2.48. The van der Waals surface area contributed by atoms with E-state index in [1.807, 2.05) is 24.4 Å². The second-order valence-corrected chi connectivity index (χ2v) is 7.80. The molecule has 1 atom stereocenters. The van der Waals surface area contributed by atoms with E-state index in [1.165, 1.54) is 6.07 Å². The minimum Gasteiger partial charge on any atom is -0.333 e. The summed E-state index contributed by atoms with van der Waals surface area (Å²) in [6, 6.07) is 12.8. The lowest BCUT2D eigenvalue weighted by molar-refractivity contribution is -0.364. The molecule has 3 heterocycles. The largest absolute Gasteiger partial charge is 0.333 e. The first-order valence-electron chi connectivity index (χ1n) is 10.3. The van der Waals surface area contributed by atoms with Gasteiger partial charge in [-0.15, -0.1) is 0 Å². The van der Waals surface area contributed by atoms with E-state index in [0.29, 0.717) is 29.9 Å². The van der Waals surface area contributed by atoms with Gasteiger partial charge in [-0.2, -0.15) is 0 Å². The quantitative estimate of drug-likeness (QED) is 0.672. The third kappa shape index (κ3) is 3.51. The SMILES string of the molecule is O=C1C[C@H](c2ccccc2F)Cc2nc(N3CCN(c4cccc[nH+]4)CC3)ncc21. The van der Waals surface area contributed by atoms with E-state index in [0.717, 1.165) is 37.7 Å². The van der Waals surface area contributed by atoms with Gasteiger partial charge in [0.05, 0.1) is 30.5 Å². The molecule has 0 saturated carbocycles. The molecule has 6 nitrogen and oxygen atoms in total. The van der Waals surface area contributed by atoms with Gasteiger partial charge in [0.25, 0.3) is 5.82 Å². The van der Waals surface area contributed by atoms with Gasteiger partial charge in [-0.3, -0.25) is 9.69 Å². The number of piperazine rings is 1. The zero-order valence-corrected chi connectivity index (χ0v) is 16.6. The Labute approximate surface area is 174 Å². The van der Waals surface area contributed by atoms with Gasteiger partial charge in [0.15, 0.2) is 5.78 Å². The van der Waals surface area contributed by atoms with Crippen molar-refractivity contribution in [3.8, 4) is 0 Å². The van der Waals surface area contributed by atoms with Crippen molar-refractivity contribution in [2.24, 2.45) is 0 Å². The van der Waals surface area contributed by atoms with Gasteiger partial charge in [0.1, 0.15) is 18.9 Å². The molecule has 0 bridgehead atoms. The molecule has 3 aromatic rings. The molecule has 0 radical (unpaired) electrons. The van der Waals surface area contributed by atoms with Gasteiger partial charge in [0, 0.05) is 18.7 Å². The van der Waals surface area contributed by atoms with Crippen molar-refractivity contribution in [3.63, 3.8) is 0 Å². The minimum atomic E-state index is -0.262. The molecular weight excluding hydrogens is 381 g/mol. The van der Waals surface area contributed by atoms with Crippen LogP contribution in [0.2, 0.25) is 0 Å². The standard InChI is InChI=1S/C23H22FN5O/c24-19-6-2-1-5-17(19)16-13-20-18(21(30)14-16)15-26-23(27-20)29-11-9-28(10-12-29)22-7-3-4-8-25-22/h1-8,15-16H,9-14H2/p+1/t16-/m1/s1. The molecule has 1 aromatic carbocycles. The molecule has 0 amide bonds. The Morgan fingerprint density at radius 1 is 0.967 bits per heavy atom. The number of ketones is 1.